The summed E-state index contributed by atoms with van der Waals surface area (Å²) in [6.07, 6.45) is 0.787. The van der Waals surface area contributed by atoms with Gasteiger partial charge in [-0.15, -0.1) is 0 Å². The largest absolute Gasteiger partial charge is 0.325 e. The molecule has 1 amide bonds. The van der Waals surface area contributed by atoms with E-state index in [4.69, 9.17) is 0 Å². The molecule has 2 aromatic rings. The van der Waals surface area contributed by atoms with Crippen LogP contribution in [0.1, 0.15) is 24.0 Å². The molecule has 0 saturated carbocycles. The predicted molar refractivity (Wildman–Crippen MR) is 109 cm³/mol. The van der Waals surface area contributed by atoms with Gasteiger partial charge in [-0.3, -0.25) is 14.9 Å². The number of nitro benzene ring substituents is 1. The minimum atomic E-state index is -3.58. The molecule has 3 rings (SSSR count). The fraction of sp³-hybridized carbons (Fsp3) is 0.350. The van der Waals surface area contributed by atoms with Crippen LogP contribution in [0.2, 0.25) is 0 Å². The van der Waals surface area contributed by atoms with Crippen LogP contribution >= 0.6 is 0 Å². The molecule has 1 aliphatic heterocycles. The van der Waals surface area contributed by atoms with Crippen molar-refractivity contribution >= 4 is 27.3 Å². The lowest BCUT2D eigenvalue weighted by molar-refractivity contribution is -0.385. The van der Waals surface area contributed by atoms with E-state index in [1.807, 2.05) is 6.92 Å². The van der Waals surface area contributed by atoms with Crippen molar-refractivity contribution < 1.29 is 18.1 Å². The molecule has 0 spiro atoms. The van der Waals surface area contributed by atoms with E-state index >= 15 is 0 Å². The van der Waals surface area contributed by atoms with Gasteiger partial charge < -0.3 is 5.32 Å². The fourth-order valence-electron chi connectivity index (χ4n) is 3.41. The van der Waals surface area contributed by atoms with Crippen molar-refractivity contribution in [3.05, 3.63) is 63.7 Å². The molecule has 0 aromatic heterocycles. The van der Waals surface area contributed by atoms with Gasteiger partial charge in [-0.2, -0.15) is 4.31 Å². The number of carbonyl (C=O) groups excluding carboxylic acids is 1. The highest BCUT2D eigenvalue weighted by Gasteiger charge is 2.32. The Kier molecular flexibility index (Phi) is 5.99. The van der Waals surface area contributed by atoms with Gasteiger partial charge in [-0.25, -0.2) is 8.42 Å². The van der Waals surface area contributed by atoms with Crippen LogP contribution in [0.4, 0.5) is 11.4 Å². The molecule has 1 N–H and O–H groups in total. The molecule has 0 radical (unpaired) electrons. The summed E-state index contributed by atoms with van der Waals surface area (Å²) in [5.74, 6) is -0.598. The van der Waals surface area contributed by atoms with E-state index in [9.17, 15) is 23.3 Å². The second-order valence-corrected chi connectivity index (χ2v) is 9.13. The zero-order chi connectivity index (χ0) is 21.2. The molecule has 1 fully saturated rings. The van der Waals surface area contributed by atoms with Gasteiger partial charge in [0.1, 0.15) is 0 Å². The zero-order valence-electron chi connectivity index (χ0n) is 16.3. The molecular weight excluding hydrogens is 394 g/mol. The summed E-state index contributed by atoms with van der Waals surface area (Å²) in [7, 11) is -3.58. The quantitative estimate of drug-likeness (QED) is 0.593. The number of rotatable bonds is 5. The SMILES string of the molecule is Cc1ccc(S(=O)(=O)N2CCC(C(=O)Nc3cccc([N+](=O)[O-])c3C)CC2)cc1. The minimum absolute atomic E-state index is 0.0539. The summed E-state index contributed by atoms with van der Waals surface area (Å²) in [4.78, 5) is 23.4. The predicted octanol–water partition coefficient (Wildman–Crippen LogP) is 3.25. The standard InChI is InChI=1S/C20H23N3O5S/c1-14-6-8-17(9-7-14)29(27,28)22-12-10-16(11-13-22)20(24)21-18-4-3-5-19(15(18)2)23(25)26/h3-9,16H,10-13H2,1-2H3,(H,21,24). The van der Waals surface area contributed by atoms with Crippen LogP contribution in [-0.4, -0.2) is 36.6 Å². The first-order chi connectivity index (χ1) is 13.7. The van der Waals surface area contributed by atoms with E-state index in [2.05, 4.69) is 5.32 Å². The molecule has 0 atom stereocenters. The Morgan fingerprint density at radius 3 is 2.31 bits per heavy atom. The number of hydrogen-bond donors (Lipinski definition) is 1. The van der Waals surface area contributed by atoms with Crippen LogP contribution in [0, 0.1) is 29.9 Å². The van der Waals surface area contributed by atoms with Crippen molar-refractivity contribution in [1.82, 2.24) is 4.31 Å². The molecule has 1 aliphatic rings. The topological polar surface area (TPSA) is 110 Å². The summed E-state index contributed by atoms with van der Waals surface area (Å²) in [5, 5.41) is 13.8. The number of carbonyl (C=O) groups is 1. The number of nitrogens with zero attached hydrogens (tertiary/aromatic N) is 2. The third-order valence-corrected chi connectivity index (χ3v) is 7.16. The Balaban J connectivity index is 1.65. The van der Waals surface area contributed by atoms with Crippen molar-refractivity contribution in [3.8, 4) is 0 Å². The van der Waals surface area contributed by atoms with Gasteiger partial charge in [0.05, 0.1) is 21.1 Å². The number of hydrogen-bond acceptors (Lipinski definition) is 5. The Morgan fingerprint density at radius 1 is 1.10 bits per heavy atom. The van der Waals surface area contributed by atoms with Crippen LogP contribution in [0.15, 0.2) is 47.4 Å². The second kappa shape index (κ2) is 8.30. The van der Waals surface area contributed by atoms with Gasteiger partial charge in [0.15, 0.2) is 0 Å². The van der Waals surface area contributed by atoms with E-state index < -0.39 is 14.9 Å². The summed E-state index contributed by atoms with van der Waals surface area (Å²) in [6, 6.07) is 11.2. The van der Waals surface area contributed by atoms with Crippen molar-refractivity contribution in [1.29, 1.82) is 0 Å². The summed E-state index contributed by atoms with van der Waals surface area (Å²) in [5.41, 5.74) is 1.72. The highest BCUT2D eigenvalue weighted by molar-refractivity contribution is 7.89. The summed E-state index contributed by atoms with van der Waals surface area (Å²) >= 11 is 0. The number of sulfonamides is 1. The monoisotopic (exact) mass is 417 g/mol. The van der Waals surface area contributed by atoms with Crippen LogP contribution in [0.25, 0.3) is 0 Å². The maximum Gasteiger partial charge on any atom is 0.274 e. The Bertz CT molecular complexity index is 1030. The number of nitrogens with one attached hydrogen (secondary N) is 1. The van der Waals surface area contributed by atoms with Crippen LogP contribution in [0.3, 0.4) is 0 Å². The lowest BCUT2D eigenvalue weighted by Crippen LogP contribution is -2.41. The number of piperidine rings is 1. The first kappa shape index (κ1) is 20.9. The highest BCUT2D eigenvalue weighted by atomic mass is 32.2. The van der Waals surface area contributed by atoms with Crippen LogP contribution in [-0.2, 0) is 14.8 Å². The van der Waals surface area contributed by atoms with Gasteiger partial charge in [0.2, 0.25) is 15.9 Å². The number of aryl methyl sites for hydroxylation is 1. The number of anilines is 1. The average molecular weight is 417 g/mol. The van der Waals surface area contributed by atoms with Crippen molar-refractivity contribution in [2.45, 2.75) is 31.6 Å². The van der Waals surface area contributed by atoms with Crippen molar-refractivity contribution in [2.24, 2.45) is 5.92 Å². The van der Waals surface area contributed by atoms with Gasteiger partial charge in [0.25, 0.3) is 5.69 Å². The van der Waals surface area contributed by atoms with E-state index in [-0.39, 0.29) is 35.5 Å². The highest BCUT2D eigenvalue weighted by Crippen LogP contribution is 2.28. The van der Waals surface area contributed by atoms with E-state index in [0.29, 0.717) is 24.1 Å². The maximum atomic E-state index is 12.8. The third-order valence-electron chi connectivity index (χ3n) is 5.24. The van der Waals surface area contributed by atoms with E-state index in [1.165, 1.54) is 16.4 Å². The van der Waals surface area contributed by atoms with Crippen molar-refractivity contribution in [3.63, 3.8) is 0 Å². The summed E-state index contributed by atoms with van der Waals surface area (Å²) in [6.45, 7) is 3.98. The molecule has 0 bridgehead atoms. The van der Waals surface area contributed by atoms with Crippen LogP contribution in [0.5, 0.6) is 0 Å². The van der Waals surface area contributed by atoms with Crippen molar-refractivity contribution in [2.75, 3.05) is 18.4 Å². The molecule has 29 heavy (non-hydrogen) atoms. The zero-order valence-corrected chi connectivity index (χ0v) is 17.1. The molecule has 9 heteroatoms. The Labute approximate surface area is 169 Å². The number of amides is 1. The first-order valence-electron chi connectivity index (χ1n) is 9.32. The van der Waals surface area contributed by atoms with E-state index in [0.717, 1.165) is 5.56 Å². The fourth-order valence-corrected chi connectivity index (χ4v) is 4.88. The first-order valence-corrected chi connectivity index (χ1v) is 10.8. The second-order valence-electron chi connectivity index (χ2n) is 7.19. The van der Waals surface area contributed by atoms with E-state index in [1.54, 1.807) is 37.3 Å². The summed E-state index contributed by atoms with van der Waals surface area (Å²) < 4.78 is 26.9. The molecule has 0 aliphatic carbocycles. The molecule has 2 aromatic carbocycles. The van der Waals surface area contributed by atoms with Gasteiger partial charge in [0, 0.05) is 25.1 Å². The number of benzene rings is 2. The Morgan fingerprint density at radius 2 is 1.72 bits per heavy atom. The molecule has 0 unspecified atom stereocenters. The minimum Gasteiger partial charge on any atom is -0.325 e. The molecule has 1 heterocycles. The van der Waals surface area contributed by atoms with Gasteiger partial charge >= 0.3 is 0 Å². The van der Waals surface area contributed by atoms with Gasteiger partial charge in [-0.1, -0.05) is 23.8 Å². The van der Waals surface area contributed by atoms with Crippen LogP contribution < -0.4 is 5.32 Å². The molecule has 8 nitrogen and oxygen atoms in total. The lowest BCUT2D eigenvalue weighted by Gasteiger charge is -2.30. The molecular formula is C20H23N3O5S. The third kappa shape index (κ3) is 4.46. The average Bonchev–Trinajstić information content (AvgIpc) is 2.69. The Hall–Kier alpha value is -2.78. The number of nitro groups is 1. The normalized spacial score (nSPS) is 15.8. The smallest absolute Gasteiger partial charge is 0.274 e. The van der Waals surface area contributed by atoms with Gasteiger partial charge in [-0.05, 0) is 44.9 Å². The molecule has 1 saturated heterocycles. The maximum absolute atomic E-state index is 12.8. The lowest BCUT2D eigenvalue weighted by atomic mass is 9.97. The molecule has 154 valence electrons.